The number of nitrogens with one attached hydrogen (secondary N) is 2. The molecule has 0 saturated heterocycles. The molecule has 0 atom stereocenters. The first-order chi connectivity index (χ1) is 18.4. The largest absolute Gasteiger partial charge is 0.493 e. The first-order valence-electron chi connectivity index (χ1n) is 11.5. The minimum Gasteiger partial charge on any atom is -0.493 e. The van der Waals surface area contributed by atoms with Crippen LogP contribution in [0.4, 0.5) is 5.69 Å². The van der Waals surface area contributed by atoms with Crippen molar-refractivity contribution in [2.75, 3.05) is 31.8 Å². The van der Waals surface area contributed by atoms with Gasteiger partial charge in [0.2, 0.25) is 5.91 Å². The minimum absolute atomic E-state index is 0.0652. The predicted octanol–water partition coefficient (Wildman–Crippen LogP) is 4.72. The number of rotatable bonds is 11. The van der Waals surface area contributed by atoms with E-state index in [-0.39, 0.29) is 22.8 Å². The van der Waals surface area contributed by atoms with Crippen molar-refractivity contribution in [1.82, 2.24) is 10.3 Å². The van der Waals surface area contributed by atoms with Gasteiger partial charge in [-0.25, -0.2) is 9.78 Å². The fourth-order valence-electron chi connectivity index (χ4n) is 3.67. The molecular formula is C27H25N3O6S2. The van der Waals surface area contributed by atoms with Gasteiger partial charge in [-0.2, -0.15) is 0 Å². The van der Waals surface area contributed by atoms with Crippen molar-refractivity contribution in [2.24, 2.45) is 0 Å². The summed E-state index contributed by atoms with van der Waals surface area (Å²) in [4.78, 5) is 40.9. The van der Waals surface area contributed by atoms with Crippen molar-refractivity contribution in [1.29, 1.82) is 0 Å². The first-order valence-corrected chi connectivity index (χ1v) is 13.3. The molecule has 1 aromatic heterocycles. The first kappa shape index (κ1) is 27.0. The predicted molar refractivity (Wildman–Crippen MR) is 148 cm³/mol. The van der Waals surface area contributed by atoms with E-state index < -0.39 is 11.9 Å². The van der Waals surface area contributed by atoms with E-state index in [1.54, 1.807) is 44.6 Å². The summed E-state index contributed by atoms with van der Waals surface area (Å²) in [5, 5.41) is 15.0. The summed E-state index contributed by atoms with van der Waals surface area (Å²) in [5.41, 5.74) is 2.31. The molecular weight excluding hydrogens is 526 g/mol. The summed E-state index contributed by atoms with van der Waals surface area (Å²) >= 11 is 2.75. The molecule has 0 aliphatic rings. The minimum atomic E-state index is -1.17. The molecule has 3 aromatic carbocycles. The molecule has 0 spiro atoms. The van der Waals surface area contributed by atoms with E-state index in [0.29, 0.717) is 30.2 Å². The number of fused-ring (bicyclic) bond motifs is 1. The molecule has 0 saturated carbocycles. The molecule has 3 N–H and O–H groups in total. The van der Waals surface area contributed by atoms with Crippen LogP contribution in [0.2, 0.25) is 0 Å². The van der Waals surface area contributed by atoms with E-state index in [4.69, 9.17) is 9.47 Å². The molecule has 0 aliphatic heterocycles. The third kappa shape index (κ3) is 6.61. The van der Waals surface area contributed by atoms with Crippen LogP contribution in [0.15, 0.2) is 65.0 Å². The number of methoxy groups -OCH3 is 2. The van der Waals surface area contributed by atoms with Gasteiger partial charge in [0, 0.05) is 12.2 Å². The number of carboxylic acids is 1. The monoisotopic (exact) mass is 551 g/mol. The lowest BCUT2D eigenvalue weighted by molar-refractivity contribution is -0.118. The summed E-state index contributed by atoms with van der Waals surface area (Å²) < 4.78 is 12.1. The molecule has 0 fully saturated rings. The third-order valence-corrected chi connectivity index (χ3v) is 7.70. The Balaban J connectivity index is 1.30. The van der Waals surface area contributed by atoms with Gasteiger partial charge in [0.15, 0.2) is 15.8 Å². The number of carboxylic acid groups (broad SMARTS) is 1. The Kier molecular flexibility index (Phi) is 8.82. The van der Waals surface area contributed by atoms with E-state index in [1.807, 2.05) is 18.2 Å². The summed E-state index contributed by atoms with van der Waals surface area (Å²) in [6, 6.07) is 17.0. The maximum Gasteiger partial charge on any atom is 0.336 e. The van der Waals surface area contributed by atoms with Crippen LogP contribution in [-0.2, 0) is 11.2 Å². The Morgan fingerprint density at radius 1 is 0.974 bits per heavy atom. The summed E-state index contributed by atoms with van der Waals surface area (Å²) in [6.07, 6.45) is 0.656. The van der Waals surface area contributed by atoms with Gasteiger partial charge < -0.3 is 25.2 Å². The molecule has 4 aromatic rings. The van der Waals surface area contributed by atoms with Gasteiger partial charge in [-0.15, -0.1) is 11.3 Å². The highest BCUT2D eigenvalue weighted by molar-refractivity contribution is 8.01. The van der Waals surface area contributed by atoms with Crippen molar-refractivity contribution in [3.8, 4) is 11.5 Å². The second-order valence-electron chi connectivity index (χ2n) is 8.05. The maximum atomic E-state index is 12.6. The number of amides is 2. The van der Waals surface area contributed by atoms with E-state index >= 15 is 0 Å². The second kappa shape index (κ2) is 12.4. The molecule has 4 rings (SSSR count). The van der Waals surface area contributed by atoms with Crippen LogP contribution < -0.4 is 20.1 Å². The van der Waals surface area contributed by atoms with Crippen molar-refractivity contribution < 1.29 is 29.0 Å². The van der Waals surface area contributed by atoms with Gasteiger partial charge in [-0.3, -0.25) is 9.59 Å². The Morgan fingerprint density at radius 2 is 1.74 bits per heavy atom. The van der Waals surface area contributed by atoms with Crippen LogP contribution in [0.5, 0.6) is 11.5 Å². The van der Waals surface area contributed by atoms with Gasteiger partial charge in [0.1, 0.15) is 0 Å². The van der Waals surface area contributed by atoms with Gasteiger partial charge in [-0.05, 0) is 54.4 Å². The molecule has 0 radical (unpaired) electrons. The molecule has 196 valence electrons. The highest BCUT2D eigenvalue weighted by Crippen LogP contribution is 2.31. The van der Waals surface area contributed by atoms with Crippen molar-refractivity contribution >= 4 is 56.8 Å². The highest BCUT2D eigenvalue weighted by Gasteiger charge is 2.16. The van der Waals surface area contributed by atoms with E-state index in [1.165, 1.54) is 35.2 Å². The number of thiazole rings is 1. The van der Waals surface area contributed by atoms with Crippen molar-refractivity contribution in [3.63, 3.8) is 0 Å². The SMILES string of the molecule is COc1ccc(CCNC(=O)CSc2nc3ccc(NC(=O)c4ccccc4C(=O)O)cc3s2)cc1OC. The lowest BCUT2D eigenvalue weighted by atomic mass is 10.1. The van der Waals surface area contributed by atoms with Gasteiger partial charge in [0.05, 0.1) is 41.3 Å². The Hall–Kier alpha value is -4.09. The van der Waals surface area contributed by atoms with E-state index in [2.05, 4.69) is 15.6 Å². The van der Waals surface area contributed by atoms with Crippen LogP contribution in [0.25, 0.3) is 10.2 Å². The fraction of sp³-hybridized carbons (Fsp3) is 0.185. The second-order valence-corrected chi connectivity index (χ2v) is 10.3. The molecule has 38 heavy (non-hydrogen) atoms. The number of benzene rings is 3. The quantitative estimate of drug-likeness (QED) is 0.229. The molecule has 9 nitrogen and oxygen atoms in total. The average Bonchev–Trinajstić information content (AvgIpc) is 3.34. The molecule has 1 heterocycles. The van der Waals surface area contributed by atoms with Crippen LogP contribution in [0.1, 0.15) is 26.3 Å². The maximum absolute atomic E-state index is 12.6. The fourth-order valence-corrected chi connectivity index (χ4v) is 5.61. The molecule has 0 bridgehead atoms. The summed E-state index contributed by atoms with van der Waals surface area (Å²) in [5.74, 6) is -0.242. The Bertz CT molecular complexity index is 1490. The smallest absolute Gasteiger partial charge is 0.336 e. The number of carbonyl (C=O) groups is 3. The normalized spacial score (nSPS) is 10.7. The number of carbonyl (C=O) groups excluding carboxylic acids is 2. The number of ether oxygens (including phenoxy) is 2. The molecule has 0 aliphatic carbocycles. The standard InChI is InChI=1S/C27H25N3O6S2/c1-35-21-10-7-16(13-22(21)36-2)11-12-28-24(31)15-37-27-30-20-9-8-17(14-23(20)38-27)29-25(32)18-5-3-4-6-19(18)26(33)34/h3-10,13-14H,11-12,15H2,1-2H3,(H,28,31)(H,29,32)(H,33,34). The third-order valence-electron chi connectivity index (χ3n) is 5.54. The van der Waals surface area contributed by atoms with Crippen LogP contribution in [0, 0.1) is 0 Å². The van der Waals surface area contributed by atoms with E-state index in [9.17, 15) is 19.5 Å². The molecule has 11 heteroatoms. The van der Waals surface area contributed by atoms with Gasteiger partial charge in [-0.1, -0.05) is 30.0 Å². The zero-order chi connectivity index (χ0) is 27.1. The highest BCUT2D eigenvalue weighted by atomic mass is 32.2. The number of anilines is 1. The molecule has 2 amide bonds. The molecule has 0 unspecified atom stereocenters. The topological polar surface area (TPSA) is 127 Å². The van der Waals surface area contributed by atoms with E-state index in [0.717, 1.165) is 20.1 Å². The van der Waals surface area contributed by atoms with Crippen molar-refractivity contribution in [3.05, 3.63) is 77.4 Å². The number of thioether (sulfide) groups is 1. The lowest BCUT2D eigenvalue weighted by Gasteiger charge is -2.10. The van der Waals surface area contributed by atoms with Crippen LogP contribution in [-0.4, -0.2) is 54.4 Å². The number of aromatic nitrogens is 1. The zero-order valence-corrected chi connectivity index (χ0v) is 22.3. The average molecular weight is 552 g/mol. The van der Waals surface area contributed by atoms with Gasteiger partial charge in [0.25, 0.3) is 5.91 Å². The zero-order valence-electron chi connectivity index (χ0n) is 20.6. The number of nitrogens with zero attached hydrogens (tertiary/aromatic N) is 1. The number of hydrogen-bond acceptors (Lipinski definition) is 8. The Labute approximate surface area is 227 Å². The van der Waals surface area contributed by atoms with Crippen LogP contribution in [0.3, 0.4) is 0 Å². The van der Waals surface area contributed by atoms with Crippen molar-refractivity contribution in [2.45, 2.75) is 10.8 Å². The number of hydrogen-bond donors (Lipinski definition) is 3. The Morgan fingerprint density at radius 3 is 2.47 bits per heavy atom. The van der Waals surface area contributed by atoms with Crippen LogP contribution >= 0.6 is 23.1 Å². The number of aromatic carboxylic acids is 1. The lowest BCUT2D eigenvalue weighted by Crippen LogP contribution is -2.27. The summed E-state index contributed by atoms with van der Waals surface area (Å²) in [6.45, 7) is 0.489. The van der Waals surface area contributed by atoms with Gasteiger partial charge >= 0.3 is 5.97 Å². The summed E-state index contributed by atoms with van der Waals surface area (Å²) in [7, 11) is 3.17.